The van der Waals surface area contributed by atoms with E-state index in [1.165, 1.54) is 0 Å². The van der Waals surface area contributed by atoms with E-state index < -0.39 is 0 Å². The SMILES string of the molecule is CCC(C)(C)N(C)C(=O)c1ccn(-c2ccc(N)cc2)n1. The second-order valence-corrected chi connectivity index (χ2v) is 5.77. The van der Waals surface area contributed by atoms with Crippen LogP contribution in [0.1, 0.15) is 37.7 Å². The van der Waals surface area contributed by atoms with Gasteiger partial charge in [-0.15, -0.1) is 0 Å². The lowest BCUT2D eigenvalue weighted by Crippen LogP contribution is -2.44. The lowest BCUT2D eigenvalue weighted by Gasteiger charge is -2.34. The molecule has 0 bridgehead atoms. The number of anilines is 1. The second kappa shape index (κ2) is 5.60. The number of hydrogen-bond acceptors (Lipinski definition) is 3. The van der Waals surface area contributed by atoms with Crippen molar-refractivity contribution in [2.45, 2.75) is 32.7 Å². The molecule has 21 heavy (non-hydrogen) atoms. The van der Waals surface area contributed by atoms with E-state index in [4.69, 9.17) is 5.73 Å². The van der Waals surface area contributed by atoms with Gasteiger partial charge in [0.25, 0.3) is 5.91 Å². The molecule has 0 saturated carbocycles. The van der Waals surface area contributed by atoms with Crippen LogP contribution < -0.4 is 5.73 Å². The highest BCUT2D eigenvalue weighted by atomic mass is 16.2. The summed E-state index contributed by atoms with van der Waals surface area (Å²) in [5.74, 6) is -0.0731. The number of benzene rings is 1. The molecule has 0 atom stereocenters. The Morgan fingerprint density at radius 1 is 1.29 bits per heavy atom. The Labute approximate surface area is 125 Å². The van der Waals surface area contributed by atoms with Gasteiger partial charge in [-0.3, -0.25) is 4.79 Å². The van der Waals surface area contributed by atoms with Crippen LogP contribution in [-0.2, 0) is 0 Å². The van der Waals surface area contributed by atoms with Gasteiger partial charge in [0.2, 0.25) is 0 Å². The zero-order valence-electron chi connectivity index (χ0n) is 13.0. The van der Waals surface area contributed by atoms with E-state index in [0.717, 1.165) is 12.1 Å². The smallest absolute Gasteiger partial charge is 0.274 e. The fourth-order valence-electron chi connectivity index (χ4n) is 1.89. The quantitative estimate of drug-likeness (QED) is 0.879. The molecule has 0 saturated heterocycles. The number of amides is 1. The van der Waals surface area contributed by atoms with Crippen LogP contribution >= 0.6 is 0 Å². The number of hydrogen-bond donors (Lipinski definition) is 1. The van der Waals surface area contributed by atoms with E-state index in [1.807, 2.05) is 45.2 Å². The molecule has 1 aromatic carbocycles. The van der Waals surface area contributed by atoms with Gasteiger partial charge in [0.05, 0.1) is 5.69 Å². The van der Waals surface area contributed by atoms with Crippen molar-refractivity contribution in [3.8, 4) is 5.69 Å². The van der Waals surface area contributed by atoms with E-state index in [1.54, 1.807) is 21.8 Å². The molecule has 112 valence electrons. The molecule has 0 aliphatic heterocycles. The van der Waals surface area contributed by atoms with Crippen molar-refractivity contribution in [1.29, 1.82) is 0 Å². The zero-order chi connectivity index (χ0) is 15.6. The molecule has 2 rings (SSSR count). The molecule has 2 aromatic rings. The summed E-state index contributed by atoms with van der Waals surface area (Å²) < 4.78 is 1.68. The first-order valence-electron chi connectivity index (χ1n) is 7.05. The summed E-state index contributed by atoms with van der Waals surface area (Å²) in [5.41, 5.74) is 7.50. The molecular weight excluding hydrogens is 264 g/mol. The summed E-state index contributed by atoms with van der Waals surface area (Å²) >= 11 is 0. The summed E-state index contributed by atoms with van der Waals surface area (Å²) in [7, 11) is 1.81. The van der Waals surface area contributed by atoms with Crippen LogP contribution in [0.2, 0.25) is 0 Å². The lowest BCUT2D eigenvalue weighted by atomic mass is 10.00. The maximum Gasteiger partial charge on any atom is 0.274 e. The number of carbonyl (C=O) groups excluding carboxylic acids is 1. The Hall–Kier alpha value is -2.30. The maximum absolute atomic E-state index is 12.5. The molecule has 1 amide bonds. The Balaban J connectivity index is 2.24. The normalized spacial score (nSPS) is 11.4. The highest BCUT2D eigenvalue weighted by Crippen LogP contribution is 2.19. The third kappa shape index (κ3) is 3.07. The summed E-state index contributed by atoms with van der Waals surface area (Å²) in [6.07, 6.45) is 2.67. The summed E-state index contributed by atoms with van der Waals surface area (Å²) in [4.78, 5) is 14.2. The van der Waals surface area contributed by atoms with Crippen LogP contribution in [0.15, 0.2) is 36.5 Å². The predicted molar refractivity (Wildman–Crippen MR) is 84.4 cm³/mol. The standard InChI is InChI=1S/C16H22N4O/c1-5-16(2,3)19(4)15(21)14-10-11-20(18-14)13-8-6-12(17)7-9-13/h6-11H,5,17H2,1-4H3. The zero-order valence-corrected chi connectivity index (χ0v) is 13.0. The highest BCUT2D eigenvalue weighted by Gasteiger charge is 2.27. The van der Waals surface area contributed by atoms with E-state index in [2.05, 4.69) is 12.0 Å². The topological polar surface area (TPSA) is 64.2 Å². The number of carbonyl (C=O) groups is 1. The van der Waals surface area contributed by atoms with E-state index in [-0.39, 0.29) is 11.4 Å². The Morgan fingerprint density at radius 3 is 2.48 bits per heavy atom. The number of nitrogen functional groups attached to an aromatic ring is 1. The molecule has 0 aliphatic rings. The van der Waals surface area contributed by atoms with Gasteiger partial charge in [0, 0.05) is 24.5 Å². The van der Waals surface area contributed by atoms with Crippen LogP contribution in [0.25, 0.3) is 5.69 Å². The lowest BCUT2D eigenvalue weighted by molar-refractivity contribution is 0.0613. The van der Waals surface area contributed by atoms with Gasteiger partial charge in [-0.25, -0.2) is 4.68 Å². The number of nitrogens with two attached hydrogens (primary N) is 1. The van der Waals surface area contributed by atoms with Crippen molar-refractivity contribution in [2.24, 2.45) is 0 Å². The van der Waals surface area contributed by atoms with Gasteiger partial charge in [0.1, 0.15) is 0 Å². The third-order valence-electron chi connectivity index (χ3n) is 4.04. The molecule has 0 fully saturated rings. The van der Waals surface area contributed by atoms with Crippen molar-refractivity contribution < 1.29 is 4.79 Å². The van der Waals surface area contributed by atoms with Crippen LogP contribution in [0.4, 0.5) is 5.69 Å². The van der Waals surface area contributed by atoms with Crippen molar-refractivity contribution in [1.82, 2.24) is 14.7 Å². The average molecular weight is 286 g/mol. The average Bonchev–Trinajstić information content (AvgIpc) is 2.96. The molecule has 0 radical (unpaired) electrons. The van der Waals surface area contributed by atoms with Crippen molar-refractivity contribution in [2.75, 3.05) is 12.8 Å². The van der Waals surface area contributed by atoms with Gasteiger partial charge in [-0.2, -0.15) is 5.10 Å². The summed E-state index contributed by atoms with van der Waals surface area (Å²) in [6.45, 7) is 6.15. The van der Waals surface area contributed by atoms with Gasteiger partial charge < -0.3 is 10.6 Å². The largest absolute Gasteiger partial charge is 0.399 e. The molecule has 0 spiro atoms. The first kappa shape index (κ1) is 15.1. The van der Waals surface area contributed by atoms with E-state index >= 15 is 0 Å². The fourth-order valence-corrected chi connectivity index (χ4v) is 1.89. The van der Waals surface area contributed by atoms with Crippen LogP contribution in [0.5, 0.6) is 0 Å². The minimum absolute atomic E-state index is 0.0731. The molecule has 2 N–H and O–H groups in total. The molecule has 0 unspecified atom stereocenters. The van der Waals surface area contributed by atoms with Crippen molar-refractivity contribution in [3.63, 3.8) is 0 Å². The van der Waals surface area contributed by atoms with Gasteiger partial charge >= 0.3 is 0 Å². The molecule has 5 nitrogen and oxygen atoms in total. The first-order valence-corrected chi connectivity index (χ1v) is 7.05. The summed E-state index contributed by atoms with van der Waals surface area (Å²) in [5, 5.41) is 4.36. The van der Waals surface area contributed by atoms with Gasteiger partial charge in [0.15, 0.2) is 5.69 Å². The minimum atomic E-state index is -0.192. The molecule has 0 aliphatic carbocycles. The van der Waals surface area contributed by atoms with Crippen LogP contribution in [0, 0.1) is 0 Å². The predicted octanol–water partition coefficient (Wildman–Crippen LogP) is 2.72. The fraction of sp³-hybridized carbons (Fsp3) is 0.375. The number of rotatable bonds is 4. The van der Waals surface area contributed by atoms with Gasteiger partial charge in [-0.05, 0) is 50.6 Å². The van der Waals surface area contributed by atoms with Gasteiger partial charge in [-0.1, -0.05) is 6.92 Å². The molecule has 5 heteroatoms. The molecule has 1 heterocycles. The highest BCUT2D eigenvalue weighted by molar-refractivity contribution is 5.92. The Bertz CT molecular complexity index is 628. The first-order chi connectivity index (χ1) is 9.85. The molecule has 1 aromatic heterocycles. The Kier molecular flexibility index (Phi) is 4.02. The minimum Gasteiger partial charge on any atom is -0.399 e. The number of nitrogens with zero attached hydrogens (tertiary/aromatic N) is 3. The Morgan fingerprint density at radius 2 is 1.90 bits per heavy atom. The maximum atomic E-state index is 12.5. The second-order valence-electron chi connectivity index (χ2n) is 5.77. The third-order valence-corrected chi connectivity index (χ3v) is 4.04. The number of aromatic nitrogens is 2. The summed E-state index contributed by atoms with van der Waals surface area (Å²) in [6, 6.07) is 9.10. The van der Waals surface area contributed by atoms with Crippen molar-refractivity contribution in [3.05, 3.63) is 42.2 Å². The monoisotopic (exact) mass is 286 g/mol. The van der Waals surface area contributed by atoms with Crippen molar-refractivity contribution >= 4 is 11.6 Å². The molecular formula is C16H22N4O. The van der Waals surface area contributed by atoms with E-state index in [9.17, 15) is 4.79 Å². The van der Waals surface area contributed by atoms with E-state index in [0.29, 0.717) is 11.4 Å². The van der Waals surface area contributed by atoms with Crippen LogP contribution in [0.3, 0.4) is 0 Å². The van der Waals surface area contributed by atoms with Crippen LogP contribution in [-0.4, -0.2) is 33.2 Å².